The van der Waals surface area contributed by atoms with Crippen molar-refractivity contribution in [3.05, 3.63) is 63.6 Å². The van der Waals surface area contributed by atoms with Crippen LogP contribution < -0.4 is 4.74 Å². The predicted molar refractivity (Wildman–Crippen MR) is 70.5 cm³/mol. The molecule has 0 bridgehead atoms. The van der Waals surface area contributed by atoms with E-state index < -0.39 is 17.4 Å². The zero-order valence-electron chi connectivity index (χ0n) is 9.91. The van der Waals surface area contributed by atoms with E-state index in [4.69, 9.17) is 4.74 Å². The molecule has 0 aliphatic heterocycles. The second-order valence-corrected chi connectivity index (χ2v) is 4.63. The molecule has 0 atom stereocenters. The largest absolute Gasteiger partial charge is 0.496 e. The molecule has 0 aliphatic carbocycles. The first-order valence-corrected chi connectivity index (χ1v) is 6.16. The van der Waals surface area contributed by atoms with Crippen LogP contribution in [-0.2, 0) is 0 Å². The van der Waals surface area contributed by atoms with Gasteiger partial charge in [-0.05, 0) is 40.2 Å². The summed E-state index contributed by atoms with van der Waals surface area (Å²) >= 11 is 2.86. The normalized spacial score (nSPS) is 10.3. The van der Waals surface area contributed by atoms with Crippen LogP contribution in [-0.4, -0.2) is 12.9 Å². The summed E-state index contributed by atoms with van der Waals surface area (Å²) in [7, 11) is 1.41. The predicted octanol–water partition coefficient (Wildman–Crippen LogP) is 3.97. The highest BCUT2D eigenvalue weighted by Crippen LogP contribution is 2.25. The molecule has 19 heavy (non-hydrogen) atoms. The van der Waals surface area contributed by atoms with Crippen LogP contribution >= 0.6 is 15.9 Å². The van der Waals surface area contributed by atoms with Gasteiger partial charge in [-0.15, -0.1) is 0 Å². The second kappa shape index (κ2) is 5.48. The van der Waals surface area contributed by atoms with Crippen LogP contribution in [0.5, 0.6) is 5.75 Å². The van der Waals surface area contributed by atoms with Crippen molar-refractivity contribution >= 4 is 21.7 Å². The Morgan fingerprint density at radius 1 is 1.11 bits per heavy atom. The molecule has 0 fully saturated rings. The molecular formula is C14H9BrF2O2. The first-order chi connectivity index (χ1) is 9.04. The number of ether oxygens (including phenoxy) is 1. The molecule has 0 aromatic heterocycles. The topological polar surface area (TPSA) is 26.3 Å². The van der Waals surface area contributed by atoms with Gasteiger partial charge < -0.3 is 4.74 Å². The number of benzene rings is 2. The SMILES string of the molecule is COc1ccccc1C(=O)c1cc(F)c(Br)cc1F. The minimum absolute atomic E-state index is 0.0263. The Morgan fingerprint density at radius 3 is 2.47 bits per heavy atom. The Labute approximate surface area is 117 Å². The van der Waals surface area contributed by atoms with Crippen molar-refractivity contribution in [2.45, 2.75) is 0 Å². The molecule has 0 saturated heterocycles. The van der Waals surface area contributed by atoms with Crippen LogP contribution in [0.1, 0.15) is 15.9 Å². The summed E-state index contributed by atoms with van der Waals surface area (Å²) in [5.41, 5.74) is -0.143. The van der Waals surface area contributed by atoms with E-state index in [1.54, 1.807) is 18.2 Å². The maximum absolute atomic E-state index is 13.7. The van der Waals surface area contributed by atoms with Gasteiger partial charge in [0, 0.05) is 0 Å². The smallest absolute Gasteiger partial charge is 0.199 e. The van der Waals surface area contributed by atoms with E-state index in [1.807, 2.05) is 0 Å². The number of hydrogen-bond acceptors (Lipinski definition) is 2. The molecule has 0 amide bonds. The third-order valence-electron chi connectivity index (χ3n) is 2.61. The summed E-state index contributed by atoms with van der Waals surface area (Å²) in [5, 5.41) is 0. The van der Waals surface area contributed by atoms with Crippen molar-refractivity contribution in [3.8, 4) is 5.75 Å². The highest BCUT2D eigenvalue weighted by Gasteiger charge is 2.19. The number of hydrogen-bond donors (Lipinski definition) is 0. The molecule has 0 N–H and O–H groups in total. The number of carbonyl (C=O) groups excluding carboxylic acids is 1. The van der Waals surface area contributed by atoms with Crippen molar-refractivity contribution in [1.29, 1.82) is 0 Å². The number of rotatable bonds is 3. The van der Waals surface area contributed by atoms with E-state index in [9.17, 15) is 13.6 Å². The van der Waals surface area contributed by atoms with Gasteiger partial charge in [0.1, 0.15) is 17.4 Å². The van der Waals surface area contributed by atoms with Crippen LogP contribution in [0.2, 0.25) is 0 Å². The van der Waals surface area contributed by atoms with Crippen molar-refractivity contribution in [2.75, 3.05) is 7.11 Å². The number of carbonyl (C=O) groups is 1. The van der Waals surface area contributed by atoms with Gasteiger partial charge in [0.15, 0.2) is 5.78 Å². The molecule has 5 heteroatoms. The summed E-state index contributed by atoms with van der Waals surface area (Å²) in [6.07, 6.45) is 0. The second-order valence-electron chi connectivity index (χ2n) is 3.78. The zero-order valence-corrected chi connectivity index (χ0v) is 11.5. The number of ketones is 1. The van der Waals surface area contributed by atoms with E-state index in [-0.39, 0.29) is 15.6 Å². The Hall–Kier alpha value is -1.75. The summed E-state index contributed by atoms with van der Waals surface area (Å²) in [6, 6.07) is 8.20. The van der Waals surface area contributed by atoms with Crippen LogP contribution in [0.4, 0.5) is 8.78 Å². The van der Waals surface area contributed by atoms with Gasteiger partial charge in [-0.1, -0.05) is 12.1 Å². The van der Waals surface area contributed by atoms with Crippen LogP contribution in [0, 0.1) is 11.6 Å². The maximum Gasteiger partial charge on any atom is 0.199 e. The summed E-state index contributed by atoms with van der Waals surface area (Å²) in [5.74, 6) is -1.79. The Morgan fingerprint density at radius 2 is 1.79 bits per heavy atom. The molecule has 2 nitrogen and oxygen atoms in total. The van der Waals surface area contributed by atoms with Crippen molar-refractivity contribution in [3.63, 3.8) is 0 Å². The molecule has 2 rings (SSSR count). The average molecular weight is 327 g/mol. The lowest BCUT2D eigenvalue weighted by atomic mass is 10.0. The summed E-state index contributed by atoms with van der Waals surface area (Å²) in [4.78, 5) is 12.2. The third-order valence-corrected chi connectivity index (χ3v) is 3.21. The molecule has 0 saturated carbocycles. The highest BCUT2D eigenvalue weighted by atomic mass is 79.9. The van der Waals surface area contributed by atoms with Crippen molar-refractivity contribution in [1.82, 2.24) is 0 Å². The third kappa shape index (κ3) is 2.66. The molecule has 0 radical (unpaired) electrons. The van der Waals surface area contributed by atoms with Crippen LogP contribution in [0.15, 0.2) is 40.9 Å². The van der Waals surface area contributed by atoms with Crippen LogP contribution in [0.25, 0.3) is 0 Å². The maximum atomic E-state index is 13.7. The van der Waals surface area contributed by atoms with E-state index >= 15 is 0 Å². The standard InChI is InChI=1S/C14H9BrF2O2/c1-19-13-5-3-2-4-8(13)14(18)9-6-12(17)10(15)7-11(9)16/h2-7H,1H3. The van der Waals surface area contributed by atoms with Crippen molar-refractivity contribution in [2.24, 2.45) is 0 Å². The lowest BCUT2D eigenvalue weighted by molar-refractivity contribution is 0.103. The Bertz CT molecular complexity index is 641. The fraction of sp³-hybridized carbons (Fsp3) is 0.0714. The van der Waals surface area contributed by atoms with Crippen molar-refractivity contribution < 1.29 is 18.3 Å². The van der Waals surface area contributed by atoms with Gasteiger partial charge in [-0.3, -0.25) is 4.79 Å². The quantitative estimate of drug-likeness (QED) is 0.630. The molecule has 0 heterocycles. The fourth-order valence-corrected chi connectivity index (χ4v) is 1.99. The lowest BCUT2D eigenvalue weighted by Crippen LogP contribution is -2.07. The van der Waals surface area contributed by atoms with Gasteiger partial charge in [0.05, 0.1) is 22.7 Å². The van der Waals surface area contributed by atoms with E-state index in [0.717, 1.165) is 12.1 Å². The monoisotopic (exact) mass is 326 g/mol. The van der Waals surface area contributed by atoms with E-state index in [2.05, 4.69) is 15.9 Å². The minimum atomic E-state index is -0.788. The zero-order chi connectivity index (χ0) is 14.0. The Kier molecular flexibility index (Phi) is 3.95. The van der Waals surface area contributed by atoms with Gasteiger partial charge in [-0.25, -0.2) is 8.78 Å². The molecule has 2 aromatic carbocycles. The number of methoxy groups -OCH3 is 1. The molecule has 98 valence electrons. The van der Waals surface area contributed by atoms with Gasteiger partial charge >= 0.3 is 0 Å². The number of halogens is 3. The number of para-hydroxylation sites is 1. The Balaban J connectivity index is 2.53. The summed E-state index contributed by atoms with van der Waals surface area (Å²) < 4.78 is 32.2. The molecule has 0 aliphatic rings. The molecule has 0 spiro atoms. The van der Waals surface area contributed by atoms with E-state index in [1.165, 1.54) is 13.2 Å². The van der Waals surface area contributed by atoms with Gasteiger partial charge in [0.25, 0.3) is 0 Å². The first kappa shape index (κ1) is 13.7. The minimum Gasteiger partial charge on any atom is -0.496 e. The lowest BCUT2D eigenvalue weighted by Gasteiger charge is -2.08. The average Bonchev–Trinajstić information content (AvgIpc) is 2.42. The fourth-order valence-electron chi connectivity index (χ4n) is 1.67. The highest BCUT2D eigenvalue weighted by molar-refractivity contribution is 9.10. The summed E-state index contributed by atoms with van der Waals surface area (Å²) in [6.45, 7) is 0. The molecule has 2 aromatic rings. The molecule has 0 unspecified atom stereocenters. The van der Waals surface area contributed by atoms with E-state index in [0.29, 0.717) is 5.75 Å². The van der Waals surface area contributed by atoms with Crippen LogP contribution in [0.3, 0.4) is 0 Å². The van der Waals surface area contributed by atoms with Gasteiger partial charge in [-0.2, -0.15) is 0 Å². The first-order valence-electron chi connectivity index (χ1n) is 5.37. The van der Waals surface area contributed by atoms with Gasteiger partial charge in [0.2, 0.25) is 0 Å². The molecular weight excluding hydrogens is 318 g/mol.